The van der Waals surface area contributed by atoms with Gasteiger partial charge < -0.3 is 15.8 Å². The first-order valence-electron chi connectivity index (χ1n) is 4.01. The highest BCUT2D eigenvalue weighted by Gasteiger charge is 1.95. The van der Waals surface area contributed by atoms with Crippen LogP contribution < -0.4 is 15.8 Å². The van der Waals surface area contributed by atoms with E-state index < -0.39 is 0 Å². The van der Waals surface area contributed by atoms with Crippen molar-refractivity contribution in [1.29, 1.82) is 0 Å². The number of hydrogen-bond acceptors (Lipinski definition) is 2. The summed E-state index contributed by atoms with van der Waals surface area (Å²) in [5, 5.41) is 3.09. The standard InChI is InChI=1S/C9H12N2OS/c1-2-12-8-5-3-4-7(6-8)11-9(10)13/h3-6H,2H2,1H3,(H3,10,11,13). The van der Waals surface area contributed by atoms with Gasteiger partial charge in [-0.05, 0) is 31.3 Å². The van der Waals surface area contributed by atoms with Crippen LogP contribution in [-0.2, 0) is 0 Å². The monoisotopic (exact) mass is 196 g/mol. The van der Waals surface area contributed by atoms with Gasteiger partial charge in [0, 0.05) is 11.8 Å². The second-order valence-corrected chi connectivity index (χ2v) is 2.89. The minimum absolute atomic E-state index is 0.258. The molecular formula is C9H12N2OS. The third-order valence-electron chi connectivity index (χ3n) is 1.41. The van der Waals surface area contributed by atoms with Crippen molar-refractivity contribution in [2.45, 2.75) is 6.92 Å². The van der Waals surface area contributed by atoms with E-state index in [1.165, 1.54) is 0 Å². The first kappa shape index (κ1) is 9.80. The minimum atomic E-state index is 0.258. The van der Waals surface area contributed by atoms with Gasteiger partial charge in [-0.2, -0.15) is 0 Å². The molecule has 0 unspecified atom stereocenters. The van der Waals surface area contributed by atoms with Crippen molar-refractivity contribution in [1.82, 2.24) is 0 Å². The van der Waals surface area contributed by atoms with Gasteiger partial charge in [0.25, 0.3) is 0 Å². The quantitative estimate of drug-likeness (QED) is 0.723. The van der Waals surface area contributed by atoms with Gasteiger partial charge in [0.05, 0.1) is 6.61 Å². The highest BCUT2D eigenvalue weighted by molar-refractivity contribution is 7.80. The Bertz CT molecular complexity index is 301. The second-order valence-electron chi connectivity index (χ2n) is 2.45. The van der Waals surface area contributed by atoms with Crippen LogP contribution in [0.3, 0.4) is 0 Å². The number of thiocarbonyl (C=S) groups is 1. The molecular weight excluding hydrogens is 184 g/mol. The SMILES string of the molecule is CCOc1cccc(NC(N)=S)c1. The number of ether oxygens (including phenoxy) is 1. The Morgan fingerprint density at radius 3 is 3.00 bits per heavy atom. The maximum absolute atomic E-state index is 5.33. The van der Waals surface area contributed by atoms with E-state index in [1.807, 2.05) is 31.2 Å². The molecule has 13 heavy (non-hydrogen) atoms. The molecule has 0 aromatic heterocycles. The largest absolute Gasteiger partial charge is 0.494 e. The molecule has 0 spiro atoms. The third-order valence-corrected chi connectivity index (χ3v) is 1.51. The van der Waals surface area contributed by atoms with Crippen molar-refractivity contribution in [2.24, 2.45) is 5.73 Å². The summed E-state index contributed by atoms with van der Waals surface area (Å²) in [6.07, 6.45) is 0. The zero-order valence-corrected chi connectivity index (χ0v) is 8.23. The van der Waals surface area contributed by atoms with Crippen LogP contribution in [0.1, 0.15) is 6.92 Å². The lowest BCUT2D eigenvalue weighted by molar-refractivity contribution is 0.340. The van der Waals surface area contributed by atoms with Gasteiger partial charge in [0.2, 0.25) is 0 Å². The topological polar surface area (TPSA) is 47.3 Å². The lowest BCUT2D eigenvalue weighted by Crippen LogP contribution is -2.18. The Kier molecular flexibility index (Phi) is 3.52. The molecule has 0 aliphatic heterocycles. The van der Waals surface area contributed by atoms with Crippen LogP contribution in [0.4, 0.5) is 5.69 Å². The van der Waals surface area contributed by atoms with Crippen LogP contribution >= 0.6 is 12.2 Å². The smallest absolute Gasteiger partial charge is 0.168 e. The van der Waals surface area contributed by atoms with Gasteiger partial charge in [0.15, 0.2) is 5.11 Å². The van der Waals surface area contributed by atoms with Gasteiger partial charge in [-0.1, -0.05) is 6.07 Å². The summed E-state index contributed by atoms with van der Waals surface area (Å²) >= 11 is 4.71. The summed E-state index contributed by atoms with van der Waals surface area (Å²) in [7, 11) is 0. The zero-order valence-electron chi connectivity index (χ0n) is 7.41. The van der Waals surface area contributed by atoms with Crippen molar-refractivity contribution in [3.05, 3.63) is 24.3 Å². The number of nitrogens with two attached hydrogens (primary N) is 1. The van der Waals surface area contributed by atoms with E-state index in [2.05, 4.69) is 5.32 Å². The average molecular weight is 196 g/mol. The van der Waals surface area contributed by atoms with E-state index in [0.29, 0.717) is 6.61 Å². The summed E-state index contributed by atoms with van der Waals surface area (Å²) in [5.74, 6) is 0.809. The Labute approximate surface area is 82.9 Å². The predicted octanol–water partition coefficient (Wildman–Crippen LogP) is 1.74. The molecule has 0 amide bonds. The highest BCUT2D eigenvalue weighted by Crippen LogP contribution is 2.16. The molecule has 0 fully saturated rings. The highest BCUT2D eigenvalue weighted by atomic mass is 32.1. The van der Waals surface area contributed by atoms with E-state index in [0.717, 1.165) is 11.4 Å². The van der Waals surface area contributed by atoms with E-state index in [1.54, 1.807) is 0 Å². The van der Waals surface area contributed by atoms with Gasteiger partial charge >= 0.3 is 0 Å². The lowest BCUT2D eigenvalue weighted by Gasteiger charge is -2.06. The fourth-order valence-corrected chi connectivity index (χ4v) is 1.09. The molecule has 0 saturated heterocycles. The molecule has 3 nitrogen and oxygen atoms in total. The molecule has 0 aliphatic carbocycles. The summed E-state index contributed by atoms with van der Waals surface area (Å²) < 4.78 is 5.30. The number of rotatable bonds is 3. The van der Waals surface area contributed by atoms with E-state index in [-0.39, 0.29) is 5.11 Å². The maximum Gasteiger partial charge on any atom is 0.168 e. The summed E-state index contributed by atoms with van der Waals surface area (Å²) in [5.41, 5.74) is 6.17. The minimum Gasteiger partial charge on any atom is -0.494 e. The molecule has 0 atom stereocenters. The first-order chi connectivity index (χ1) is 6.22. The molecule has 4 heteroatoms. The summed E-state index contributed by atoms with van der Waals surface area (Å²) in [4.78, 5) is 0. The van der Waals surface area contributed by atoms with Gasteiger partial charge in [-0.25, -0.2) is 0 Å². The van der Waals surface area contributed by atoms with E-state index in [4.69, 9.17) is 22.7 Å². The molecule has 70 valence electrons. The molecule has 1 rings (SSSR count). The molecule has 0 radical (unpaired) electrons. The average Bonchev–Trinajstić information content (AvgIpc) is 2.04. The van der Waals surface area contributed by atoms with Crippen LogP contribution in [0, 0.1) is 0 Å². The van der Waals surface area contributed by atoms with Crippen molar-refractivity contribution in [3.8, 4) is 5.75 Å². The third kappa shape index (κ3) is 3.29. The van der Waals surface area contributed by atoms with E-state index in [9.17, 15) is 0 Å². The lowest BCUT2D eigenvalue weighted by atomic mass is 10.3. The number of benzene rings is 1. The normalized spacial score (nSPS) is 9.31. The fraction of sp³-hybridized carbons (Fsp3) is 0.222. The zero-order chi connectivity index (χ0) is 9.68. The Hall–Kier alpha value is -1.29. The van der Waals surface area contributed by atoms with Crippen molar-refractivity contribution in [3.63, 3.8) is 0 Å². The van der Waals surface area contributed by atoms with Crippen molar-refractivity contribution < 1.29 is 4.74 Å². The molecule has 0 bridgehead atoms. The molecule has 0 aliphatic rings. The van der Waals surface area contributed by atoms with Crippen molar-refractivity contribution in [2.75, 3.05) is 11.9 Å². The Morgan fingerprint density at radius 2 is 2.38 bits per heavy atom. The fourth-order valence-electron chi connectivity index (χ4n) is 0.973. The van der Waals surface area contributed by atoms with Gasteiger partial charge in [0.1, 0.15) is 5.75 Å². The second kappa shape index (κ2) is 4.67. The van der Waals surface area contributed by atoms with Crippen LogP contribution in [0.5, 0.6) is 5.75 Å². The molecule has 0 heterocycles. The van der Waals surface area contributed by atoms with Crippen LogP contribution in [-0.4, -0.2) is 11.7 Å². The Morgan fingerprint density at radius 1 is 1.62 bits per heavy atom. The number of nitrogens with one attached hydrogen (secondary N) is 1. The molecule has 1 aromatic rings. The first-order valence-corrected chi connectivity index (χ1v) is 4.42. The summed E-state index contributed by atoms with van der Waals surface area (Å²) in [6.45, 7) is 2.59. The number of hydrogen-bond donors (Lipinski definition) is 2. The van der Waals surface area contributed by atoms with Gasteiger partial charge in [-0.3, -0.25) is 0 Å². The van der Waals surface area contributed by atoms with Crippen LogP contribution in [0.15, 0.2) is 24.3 Å². The van der Waals surface area contributed by atoms with E-state index >= 15 is 0 Å². The predicted molar refractivity (Wildman–Crippen MR) is 58.0 cm³/mol. The van der Waals surface area contributed by atoms with Crippen molar-refractivity contribution >= 4 is 23.0 Å². The molecule has 0 saturated carbocycles. The molecule has 1 aromatic carbocycles. The van der Waals surface area contributed by atoms with Gasteiger partial charge in [-0.15, -0.1) is 0 Å². The number of anilines is 1. The van der Waals surface area contributed by atoms with Crippen LogP contribution in [0.2, 0.25) is 0 Å². The van der Waals surface area contributed by atoms with Crippen LogP contribution in [0.25, 0.3) is 0 Å². The summed E-state index contributed by atoms with van der Waals surface area (Å²) in [6, 6.07) is 7.49. The molecule has 3 N–H and O–H groups in total. The Balaban J connectivity index is 2.73. The maximum atomic E-state index is 5.33.